The summed E-state index contributed by atoms with van der Waals surface area (Å²) in [5.41, 5.74) is 3.88. The van der Waals surface area contributed by atoms with E-state index < -0.39 is 0 Å². The molecular formula is C15H15N3O. The molecule has 1 aromatic carbocycles. The van der Waals surface area contributed by atoms with Crippen LogP contribution in [-0.4, -0.2) is 20.6 Å². The Hall–Kier alpha value is -2.36. The molecule has 0 radical (unpaired) electrons. The Balaban J connectivity index is 2.08. The molecule has 0 aliphatic carbocycles. The van der Waals surface area contributed by atoms with E-state index in [0.29, 0.717) is 12.0 Å². The lowest BCUT2D eigenvalue weighted by atomic mass is 10.1. The Morgan fingerprint density at radius 1 is 1.21 bits per heavy atom. The second-order valence-corrected chi connectivity index (χ2v) is 4.78. The average Bonchev–Trinajstić information content (AvgIpc) is 2.92. The van der Waals surface area contributed by atoms with Crippen molar-refractivity contribution in [2.24, 2.45) is 14.1 Å². The van der Waals surface area contributed by atoms with E-state index in [1.807, 2.05) is 26.2 Å². The Kier molecular flexibility index (Phi) is 2.71. The molecule has 0 spiro atoms. The Bertz CT molecular complexity index is 752. The summed E-state index contributed by atoms with van der Waals surface area (Å²) < 4.78 is 3.79. The highest BCUT2D eigenvalue weighted by Gasteiger charge is 2.11. The van der Waals surface area contributed by atoms with Gasteiger partial charge >= 0.3 is 0 Å². The van der Waals surface area contributed by atoms with Crippen molar-refractivity contribution >= 4 is 17.2 Å². The first-order valence-corrected chi connectivity index (χ1v) is 6.19. The molecule has 0 atom stereocenters. The largest absolute Gasteiger partial charge is 0.350 e. The van der Waals surface area contributed by atoms with E-state index in [-0.39, 0.29) is 0 Å². The van der Waals surface area contributed by atoms with E-state index in [2.05, 4.69) is 28.0 Å². The molecule has 3 rings (SSSR count). The fraction of sp³-hybridized carbons (Fsp3) is 0.200. The first kappa shape index (κ1) is 11.7. The summed E-state index contributed by atoms with van der Waals surface area (Å²) in [6.07, 6.45) is 5.41. The molecule has 0 aliphatic heterocycles. The third-order valence-electron chi connectivity index (χ3n) is 3.40. The minimum Gasteiger partial charge on any atom is -0.350 e. The number of hydrogen-bond donors (Lipinski definition) is 0. The fourth-order valence-corrected chi connectivity index (χ4v) is 2.54. The quantitative estimate of drug-likeness (QED) is 0.672. The van der Waals surface area contributed by atoms with Gasteiger partial charge < -0.3 is 4.57 Å². The first-order valence-electron chi connectivity index (χ1n) is 6.19. The Labute approximate surface area is 111 Å². The van der Waals surface area contributed by atoms with Gasteiger partial charge in [0.2, 0.25) is 0 Å². The molecule has 96 valence electrons. The highest BCUT2D eigenvalue weighted by Crippen LogP contribution is 2.23. The average molecular weight is 253 g/mol. The Morgan fingerprint density at radius 3 is 2.79 bits per heavy atom. The summed E-state index contributed by atoms with van der Waals surface area (Å²) in [5, 5.41) is 5.58. The number of rotatable bonds is 3. The lowest BCUT2D eigenvalue weighted by Gasteiger charge is -1.97. The van der Waals surface area contributed by atoms with Gasteiger partial charge in [0.15, 0.2) is 6.29 Å². The van der Waals surface area contributed by atoms with Crippen LogP contribution in [0.5, 0.6) is 0 Å². The molecule has 0 fully saturated rings. The van der Waals surface area contributed by atoms with Gasteiger partial charge in [0, 0.05) is 43.8 Å². The van der Waals surface area contributed by atoms with E-state index in [1.165, 1.54) is 16.5 Å². The number of benzene rings is 1. The first-order chi connectivity index (χ1) is 9.19. The lowest BCUT2D eigenvalue weighted by Crippen LogP contribution is -1.94. The van der Waals surface area contributed by atoms with Gasteiger partial charge in [-0.3, -0.25) is 9.48 Å². The highest BCUT2D eigenvalue weighted by atomic mass is 16.1. The molecule has 0 aliphatic rings. The van der Waals surface area contributed by atoms with E-state index in [9.17, 15) is 4.79 Å². The molecule has 0 unspecified atom stereocenters. The molecule has 4 nitrogen and oxygen atoms in total. The van der Waals surface area contributed by atoms with Crippen molar-refractivity contribution in [1.82, 2.24) is 14.3 Å². The van der Waals surface area contributed by atoms with Crippen molar-refractivity contribution in [3.05, 3.63) is 53.5 Å². The van der Waals surface area contributed by atoms with Gasteiger partial charge in [-0.25, -0.2) is 0 Å². The maximum Gasteiger partial charge on any atom is 0.153 e. The number of aryl methyl sites for hydroxylation is 2. The Morgan fingerprint density at radius 2 is 2.00 bits per heavy atom. The predicted molar refractivity (Wildman–Crippen MR) is 74.3 cm³/mol. The summed E-state index contributed by atoms with van der Waals surface area (Å²) in [4.78, 5) is 11.0. The maximum absolute atomic E-state index is 11.0. The lowest BCUT2D eigenvalue weighted by molar-refractivity contribution is 0.112. The van der Waals surface area contributed by atoms with E-state index in [0.717, 1.165) is 12.0 Å². The van der Waals surface area contributed by atoms with Crippen LogP contribution in [0.3, 0.4) is 0 Å². The van der Waals surface area contributed by atoms with Crippen LogP contribution < -0.4 is 0 Å². The zero-order chi connectivity index (χ0) is 13.4. The van der Waals surface area contributed by atoms with Crippen LogP contribution in [0.15, 0.2) is 36.7 Å². The number of nitrogens with zero attached hydrogens (tertiary/aromatic N) is 3. The van der Waals surface area contributed by atoms with Crippen molar-refractivity contribution in [1.29, 1.82) is 0 Å². The van der Waals surface area contributed by atoms with Crippen molar-refractivity contribution in [2.75, 3.05) is 0 Å². The molecule has 2 aromatic heterocycles. The molecule has 19 heavy (non-hydrogen) atoms. The number of carbonyl (C=O) groups excluding carboxylic acids is 1. The third-order valence-corrected chi connectivity index (χ3v) is 3.40. The van der Waals surface area contributed by atoms with Gasteiger partial charge in [0.25, 0.3) is 0 Å². The highest BCUT2D eigenvalue weighted by molar-refractivity contribution is 5.84. The molecule has 4 heteroatoms. The minimum absolute atomic E-state index is 0.662. The van der Waals surface area contributed by atoms with Crippen LogP contribution in [-0.2, 0) is 20.5 Å². The molecule has 0 saturated carbocycles. The van der Waals surface area contributed by atoms with E-state index in [1.54, 1.807) is 10.9 Å². The number of aldehydes is 1. The van der Waals surface area contributed by atoms with E-state index in [4.69, 9.17) is 0 Å². The van der Waals surface area contributed by atoms with Crippen LogP contribution in [0.25, 0.3) is 10.9 Å². The molecule has 3 aromatic rings. The number of aromatic nitrogens is 3. The number of fused-ring (bicyclic) bond motifs is 1. The van der Waals surface area contributed by atoms with Gasteiger partial charge in [-0.15, -0.1) is 0 Å². The molecular weight excluding hydrogens is 238 g/mol. The topological polar surface area (TPSA) is 39.8 Å². The van der Waals surface area contributed by atoms with Crippen molar-refractivity contribution in [3.63, 3.8) is 0 Å². The van der Waals surface area contributed by atoms with Crippen LogP contribution in [0, 0.1) is 0 Å². The second-order valence-electron chi connectivity index (χ2n) is 4.78. The predicted octanol–water partition coefficient (Wildman–Crippen LogP) is 2.32. The standard InChI is InChI=1S/C15H15N3O/c1-17-8-11(13-5-3-4-6-15(13)17)7-14-12(10-19)9-18(2)16-14/h3-6,8-10H,7H2,1-2H3. The second kappa shape index (κ2) is 4.39. The fourth-order valence-electron chi connectivity index (χ4n) is 2.54. The van der Waals surface area contributed by atoms with Gasteiger partial charge in [-0.1, -0.05) is 18.2 Å². The maximum atomic E-state index is 11.0. The van der Waals surface area contributed by atoms with Crippen LogP contribution in [0.4, 0.5) is 0 Å². The van der Waals surface area contributed by atoms with Crippen molar-refractivity contribution < 1.29 is 4.79 Å². The minimum atomic E-state index is 0.662. The van der Waals surface area contributed by atoms with Crippen LogP contribution >= 0.6 is 0 Å². The van der Waals surface area contributed by atoms with Crippen LogP contribution in [0.2, 0.25) is 0 Å². The monoisotopic (exact) mass is 253 g/mol. The number of hydrogen-bond acceptors (Lipinski definition) is 2. The molecule has 2 heterocycles. The third kappa shape index (κ3) is 1.95. The zero-order valence-corrected chi connectivity index (χ0v) is 11.0. The van der Waals surface area contributed by atoms with Crippen molar-refractivity contribution in [2.45, 2.75) is 6.42 Å². The molecule has 0 bridgehead atoms. The van der Waals surface area contributed by atoms with Gasteiger partial charge in [-0.05, 0) is 11.6 Å². The molecule has 0 saturated heterocycles. The normalized spacial score (nSPS) is 11.1. The van der Waals surface area contributed by atoms with Gasteiger partial charge in [-0.2, -0.15) is 5.10 Å². The smallest absolute Gasteiger partial charge is 0.153 e. The summed E-state index contributed by atoms with van der Waals surface area (Å²) in [6, 6.07) is 8.26. The van der Waals surface area contributed by atoms with Gasteiger partial charge in [0.05, 0.1) is 11.3 Å². The van der Waals surface area contributed by atoms with Crippen LogP contribution in [0.1, 0.15) is 21.6 Å². The number of para-hydroxylation sites is 1. The van der Waals surface area contributed by atoms with Crippen molar-refractivity contribution in [3.8, 4) is 0 Å². The van der Waals surface area contributed by atoms with Gasteiger partial charge in [0.1, 0.15) is 0 Å². The molecule has 0 amide bonds. The SMILES string of the molecule is Cn1cc(C=O)c(Cc2cn(C)c3ccccc23)n1. The summed E-state index contributed by atoms with van der Waals surface area (Å²) >= 11 is 0. The summed E-state index contributed by atoms with van der Waals surface area (Å²) in [6.45, 7) is 0. The molecule has 0 N–H and O–H groups in total. The number of carbonyl (C=O) groups is 1. The zero-order valence-electron chi connectivity index (χ0n) is 11.0. The van der Waals surface area contributed by atoms with E-state index >= 15 is 0 Å². The summed E-state index contributed by atoms with van der Waals surface area (Å²) in [5.74, 6) is 0. The summed E-state index contributed by atoms with van der Waals surface area (Å²) in [7, 11) is 3.87.